The summed E-state index contributed by atoms with van der Waals surface area (Å²) in [6.07, 6.45) is 0.118. The van der Waals surface area contributed by atoms with E-state index in [0.717, 1.165) is 5.57 Å². The van der Waals surface area contributed by atoms with Gasteiger partial charge in [0.15, 0.2) is 0 Å². The van der Waals surface area contributed by atoms with Gasteiger partial charge in [0.05, 0.1) is 12.7 Å². The second kappa shape index (κ2) is 5.89. The van der Waals surface area contributed by atoms with Crippen molar-refractivity contribution < 1.29 is 4.74 Å². The van der Waals surface area contributed by atoms with Crippen molar-refractivity contribution in [1.82, 2.24) is 0 Å². The van der Waals surface area contributed by atoms with Crippen LogP contribution in [0.4, 0.5) is 0 Å². The Kier molecular flexibility index (Phi) is 4.77. The molecule has 1 unspecified atom stereocenters. The number of ether oxygens (including phenoxy) is 1. The summed E-state index contributed by atoms with van der Waals surface area (Å²) in [6, 6.07) is 10.2. The first-order valence-corrected chi connectivity index (χ1v) is 5.31. The molecule has 0 saturated heterocycles. The summed E-state index contributed by atoms with van der Waals surface area (Å²) in [5.41, 5.74) is 2.20. The zero-order valence-electron chi connectivity index (χ0n) is 8.44. The fourth-order valence-corrected chi connectivity index (χ4v) is 1.20. The van der Waals surface area contributed by atoms with Crippen molar-refractivity contribution in [3.05, 3.63) is 48.0 Å². The second-order valence-corrected chi connectivity index (χ2v) is 3.59. The fourth-order valence-electron chi connectivity index (χ4n) is 1.11. The molecular formula is C12H16OS. The monoisotopic (exact) mass is 208 g/mol. The normalized spacial score (nSPS) is 12.4. The lowest BCUT2D eigenvalue weighted by Crippen LogP contribution is -2.03. The Balaban J connectivity index is 2.43. The molecule has 0 aliphatic carbocycles. The van der Waals surface area contributed by atoms with Crippen molar-refractivity contribution in [1.29, 1.82) is 0 Å². The Bertz CT molecular complexity index is 282. The van der Waals surface area contributed by atoms with Gasteiger partial charge in [-0.2, -0.15) is 12.6 Å². The maximum atomic E-state index is 5.63. The molecule has 0 aromatic heterocycles. The number of hydrogen-bond acceptors (Lipinski definition) is 2. The summed E-state index contributed by atoms with van der Waals surface area (Å²) in [5.74, 6) is 0.682. The van der Waals surface area contributed by atoms with Crippen LogP contribution in [0.3, 0.4) is 0 Å². The Hall–Kier alpha value is -0.730. The lowest BCUT2D eigenvalue weighted by atomic mass is 10.1. The Morgan fingerprint density at radius 3 is 2.64 bits per heavy atom. The maximum absolute atomic E-state index is 5.63. The summed E-state index contributed by atoms with van der Waals surface area (Å²) in [5, 5.41) is 0. The molecule has 0 bridgehead atoms. The highest BCUT2D eigenvalue weighted by Gasteiger charge is 2.04. The first kappa shape index (κ1) is 11.3. The van der Waals surface area contributed by atoms with Crippen LogP contribution in [0.15, 0.2) is 42.5 Å². The van der Waals surface area contributed by atoms with Gasteiger partial charge >= 0.3 is 0 Å². The predicted octanol–water partition coefficient (Wildman–Crippen LogP) is 3.25. The van der Waals surface area contributed by atoms with E-state index in [0.29, 0.717) is 12.4 Å². The SMILES string of the molecule is C=C(CS)COC(C)c1ccccc1. The summed E-state index contributed by atoms with van der Waals surface area (Å²) in [6.45, 7) is 6.46. The lowest BCUT2D eigenvalue weighted by Gasteiger charge is -2.13. The average Bonchev–Trinajstić information content (AvgIpc) is 2.26. The summed E-state index contributed by atoms with van der Waals surface area (Å²) in [4.78, 5) is 0. The smallest absolute Gasteiger partial charge is 0.0801 e. The Morgan fingerprint density at radius 2 is 2.07 bits per heavy atom. The van der Waals surface area contributed by atoms with Crippen LogP contribution in [0, 0.1) is 0 Å². The van der Waals surface area contributed by atoms with E-state index < -0.39 is 0 Å². The van der Waals surface area contributed by atoms with E-state index in [1.807, 2.05) is 25.1 Å². The standard InChI is InChI=1S/C12H16OS/c1-10(9-14)8-13-11(2)12-6-4-3-5-7-12/h3-7,11,14H,1,8-9H2,2H3. The van der Waals surface area contributed by atoms with Crippen LogP contribution < -0.4 is 0 Å². The third-order valence-corrected chi connectivity index (χ3v) is 2.48. The minimum absolute atomic E-state index is 0.118. The Labute approximate surface area is 91.2 Å². The molecule has 0 N–H and O–H groups in total. The van der Waals surface area contributed by atoms with E-state index in [-0.39, 0.29) is 6.10 Å². The molecular weight excluding hydrogens is 192 g/mol. The van der Waals surface area contributed by atoms with Crippen LogP contribution in [-0.4, -0.2) is 12.4 Å². The predicted molar refractivity (Wildman–Crippen MR) is 63.8 cm³/mol. The van der Waals surface area contributed by atoms with Crippen LogP contribution in [0.5, 0.6) is 0 Å². The number of rotatable bonds is 5. The van der Waals surface area contributed by atoms with Crippen LogP contribution >= 0.6 is 12.6 Å². The van der Waals surface area contributed by atoms with E-state index >= 15 is 0 Å². The molecule has 1 aromatic carbocycles. The molecule has 0 radical (unpaired) electrons. The lowest BCUT2D eigenvalue weighted by molar-refractivity contribution is 0.0841. The molecule has 1 atom stereocenters. The van der Waals surface area contributed by atoms with Gasteiger partial charge in [-0.1, -0.05) is 36.9 Å². The first-order valence-electron chi connectivity index (χ1n) is 4.68. The van der Waals surface area contributed by atoms with Gasteiger partial charge < -0.3 is 4.74 Å². The van der Waals surface area contributed by atoms with Crippen LogP contribution in [0.1, 0.15) is 18.6 Å². The zero-order chi connectivity index (χ0) is 10.4. The van der Waals surface area contributed by atoms with E-state index in [1.165, 1.54) is 5.56 Å². The van der Waals surface area contributed by atoms with E-state index in [2.05, 4.69) is 31.3 Å². The van der Waals surface area contributed by atoms with Crippen molar-refractivity contribution >= 4 is 12.6 Å². The van der Waals surface area contributed by atoms with Crippen LogP contribution in [0.25, 0.3) is 0 Å². The highest BCUT2D eigenvalue weighted by Crippen LogP contribution is 2.16. The summed E-state index contributed by atoms with van der Waals surface area (Å²) >= 11 is 4.13. The maximum Gasteiger partial charge on any atom is 0.0801 e. The van der Waals surface area contributed by atoms with Gasteiger partial charge in [-0.05, 0) is 18.1 Å². The third kappa shape index (κ3) is 3.56. The molecule has 0 spiro atoms. The number of benzene rings is 1. The molecule has 0 heterocycles. The van der Waals surface area contributed by atoms with Crippen LogP contribution in [0.2, 0.25) is 0 Å². The molecule has 76 valence electrons. The minimum Gasteiger partial charge on any atom is -0.369 e. The molecule has 1 rings (SSSR count). The number of thiol groups is 1. The van der Waals surface area contributed by atoms with Gasteiger partial charge in [0.25, 0.3) is 0 Å². The molecule has 0 saturated carbocycles. The minimum atomic E-state index is 0.118. The van der Waals surface area contributed by atoms with Crippen molar-refractivity contribution in [2.75, 3.05) is 12.4 Å². The fraction of sp³-hybridized carbons (Fsp3) is 0.333. The quantitative estimate of drug-likeness (QED) is 0.577. The zero-order valence-corrected chi connectivity index (χ0v) is 9.34. The number of hydrogen-bond donors (Lipinski definition) is 1. The summed E-state index contributed by atoms with van der Waals surface area (Å²) in [7, 11) is 0. The van der Waals surface area contributed by atoms with Crippen molar-refractivity contribution in [3.8, 4) is 0 Å². The van der Waals surface area contributed by atoms with Gasteiger partial charge in [-0.25, -0.2) is 0 Å². The van der Waals surface area contributed by atoms with E-state index in [9.17, 15) is 0 Å². The molecule has 1 aromatic rings. The molecule has 0 fully saturated rings. The molecule has 0 amide bonds. The van der Waals surface area contributed by atoms with Crippen molar-refractivity contribution in [2.45, 2.75) is 13.0 Å². The van der Waals surface area contributed by atoms with Crippen molar-refractivity contribution in [2.24, 2.45) is 0 Å². The third-order valence-electron chi connectivity index (χ3n) is 2.03. The van der Waals surface area contributed by atoms with Gasteiger partial charge in [0, 0.05) is 5.75 Å². The highest BCUT2D eigenvalue weighted by atomic mass is 32.1. The molecule has 2 heteroatoms. The molecule has 0 aliphatic heterocycles. The van der Waals surface area contributed by atoms with Crippen LogP contribution in [-0.2, 0) is 4.74 Å². The topological polar surface area (TPSA) is 9.23 Å². The average molecular weight is 208 g/mol. The van der Waals surface area contributed by atoms with Crippen molar-refractivity contribution in [3.63, 3.8) is 0 Å². The van der Waals surface area contributed by atoms with Gasteiger partial charge in [0.2, 0.25) is 0 Å². The van der Waals surface area contributed by atoms with Gasteiger partial charge in [-0.15, -0.1) is 0 Å². The Morgan fingerprint density at radius 1 is 1.43 bits per heavy atom. The van der Waals surface area contributed by atoms with Gasteiger partial charge in [-0.3, -0.25) is 0 Å². The molecule has 14 heavy (non-hydrogen) atoms. The first-order chi connectivity index (χ1) is 6.74. The highest BCUT2D eigenvalue weighted by molar-refractivity contribution is 7.80. The van der Waals surface area contributed by atoms with E-state index in [4.69, 9.17) is 4.74 Å². The van der Waals surface area contributed by atoms with E-state index in [1.54, 1.807) is 0 Å². The largest absolute Gasteiger partial charge is 0.369 e. The molecule has 0 aliphatic rings. The van der Waals surface area contributed by atoms with Gasteiger partial charge in [0.1, 0.15) is 0 Å². The summed E-state index contributed by atoms with van der Waals surface area (Å²) < 4.78 is 5.63. The second-order valence-electron chi connectivity index (χ2n) is 3.27. The molecule has 1 nitrogen and oxygen atoms in total.